The number of aliphatic imine (C=N–C) groups is 4. The van der Waals surface area contributed by atoms with Crippen molar-refractivity contribution in [3.63, 3.8) is 0 Å². The summed E-state index contributed by atoms with van der Waals surface area (Å²) in [4.78, 5) is 16.8. The number of para-hydroxylation sites is 4. The molecule has 0 saturated carbocycles. The quantitative estimate of drug-likeness (QED) is 0.0865. The van der Waals surface area contributed by atoms with Crippen LogP contribution in [-0.2, 0) is 60.3 Å². The average molecular weight is 874 g/mol. The summed E-state index contributed by atoms with van der Waals surface area (Å²) in [7, 11) is 0. The van der Waals surface area contributed by atoms with Gasteiger partial charge in [-0.2, -0.15) is 0 Å². The Hall–Kier alpha value is -4.75. The van der Waals surface area contributed by atoms with Gasteiger partial charge < -0.3 is 30.6 Å². The second-order valence-corrected chi connectivity index (χ2v) is 9.18. The third kappa shape index (κ3) is 24.1. The van der Waals surface area contributed by atoms with E-state index in [9.17, 15) is 20.4 Å². The van der Waals surface area contributed by atoms with Crippen LogP contribution < -0.4 is 30.6 Å². The van der Waals surface area contributed by atoms with Crippen LogP contribution in [0, 0.1) is 23.0 Å². The molecule has 0 aliphatic carbocycles. The average Bonchev–Trinajstić information content (AvgIpc) is 3.08. The number of benzene rings is 4. The Morgan fingerprint density at radius 1 is 0.431 bits per heavy atom. The molecule has 0 atom stereocenters. The first-order chi connectivity index (χ1) is 23.4. The molecule has 15 heteroatoms. The van der Waals surface area contributed by atoms with Gasteiger partial charge in [-0.25, -0.2) is 10.5 Å². The minimum atomic E-state index is -0.0219. The van der Waals surface area contributed by atoms with E-state index in [1.54, 1.807) is 73.4 Å². The fourth-order valence-electron chi connectivity index (χ4n) is 3.51. The van der Waals surface area contributed by atoms with Crippen LogP contribution in [-0.4, -0.2) is 51.0 Å². The molecule has 12 nitrogen and oxygen atoms in total. The third-order valence-electron chi connectivity index (χ3n) is 5.75. The summed E-state index contributed by atoms with van der Waals surface area (Å²) in [6.07, 6.45) is 8.93. The van der Waals surface area contributed by atoms with E-state index in [1.807, 2.05) is 24.3 Å². The zero-order valence-corrected chi connectivity index (χ0v) is 33.3. The van der Waals surface area contributed by atoms with E-state index in [1.165, 1.54) is 24.3 Å². The van der Waals surface area contributed by atoms with E-state index >= 15 is 0 Å². The predicted octanol–water partition coefficient (Wildman–Crippen LogP) is 1.17. The second-order valence-electron chi connectivity index (χ2n) is 9.18. The van der Waals surface area contributed by atoms with Crippen LogP contribution in [0.5, 0.6) is 23.0 Å². The van der Waals surface area contributed by atoms with Gasteiger partial charge in [0.15, 0.2) is 0 Å². The zero-order valence-electron chi connectivity index (χ0n) is 27.3. The number of nitrogens with zero attached hydrogens (tertiary/aromatic N) is 6. The third-order valence-corrected chi connectivity index (χ3v) is 5.75. The molecule has 0 bridgehead atoms. The van der Waals surface area contributed by atoms with Crippen LogP contribution in [0.2, 0.25) is 0 Å². The molecule has 0 N–H and O–H groups in total. The molecule has 0 heterocycles. The van der Waals surface area contributed by atoms with Gasteiger partial charge in [0.1, 0.15) is 0 Å². The molecule has 0 fully saturated rings. The number of hydrogen-bond acceptors (Lipinski definition) is 12. The van der Waals surface area contributed by atoms with E-state index in [-0.39, 0.29) is 83.3 Å². The van der Waals surface area contributed by atoms with Crippen molar-refractivity contribution in [1.82, 2.24) is 0 Å². The second kappa shape index (κ2) is 33.7. The van der Waals surface area contributed by atoms with Crippen molar-refractivity contribution in [3.8, 4) is 35.5 Å². The molecule has 0 unspecified atom stereocenters. The normalized spacial score (nSPS) is 9.69. The van der Waals surface area contributed by atoms with E-state index in [0.29, 0.717) is 60.9 Å². The summed E-state index contributed by atoms with van der Waals surface area (Å²) >= 11 is 0. The Morgan fingerprint density at radius 2 is 0.608 bits per heavy atom. The van der Waals surface area contributed by atoms with Crippen LogP contribution in [0.1, 0.15) is 35.1 Å². The smallest absolute Gasteiger partial charge is 0.872 e. The Kier molecular flexibility index (Phi) is 33.5. The van der Waals surface area contributed by atoms with Gasteiger partial charge in [-0.15, -0.1) is 23.0 Å². The molecule has 0 aliphatic rings. The molecule has 51 heavy (non-hydrogen) atoms. The molecular weight excluding hydrogens is 842 g/mol. The first-order valence-electron chi connectivity index (χ1n) is 14.4. The Morgan fingerprint density at radius 3 is 0.784 bits per heavy atom. The largest absolute Gasteiger partial charge is 2.00 e. The first kappa shape index (κ1) is 50.6. The monoisotopic (exact) mass is 874 g/mol. The zero-order chi connectivity index (χ0) is 35.2. The minimum absolute atomic E-state index is 0. The SMILES string of the molecule is N#C[O-].N#C[O-].[Cd+2].[Ni+2].[Ni+2].[O-]c1ccccc1C=NCCCN=Cc1ccccc1[O-].[O-]c1ccccc1C=NCCCN=Cc1ccccc1[O-]. The molecule has 0 radical (unpaired) electrons. The standard InChI is InChI=1S/2C17H18N2O2.2CHNO.Cd.2Ni/c2*20-16-8-3-1-6-14(16)12-18-10-5-11-19-13-15-7-2-4-9-17(15)21;2*2-1-3;;;/h2*1-4,6-9,12-13,20-21H,5,10-11H2;2*3H;;;/q;;;;3*+2/p-6. The van der Waals surface area contributed by atoms with Gasteiger partial charge in [0.05, 0.1) is 0 Å². The Bertz CT molecular complexity index is 1480. The summed E-state index contributed by atoms with van der Waals surface area (Å²) in [5, 5.41) is 75.7. The maximum absolute atomic E-state index is 11.4. The van der Waals surface area contributed by atoms with Crippen molar-refractivity contribution >= 4 is 24.9 Å². The van der Waals surface area contributed by atoms with E-state index in [2.05, 4.69) is 20.0 Å². The molecule has 0 spiro atoms. The van der Waals surface area contributed by atoms with Crippen molar-refractivity contribution in [2.24, 2.45) is 20.0 Å². The number of nitriles is 2. The van der Waals surface area contributed by atoms with Gasteiger partial charge in [-0.3, -0.25) is 20.0 Å². The predicted molar refractivity (Wildman–Crippen MR) is 174 cm³/mol. The van der Waals surface area contributed by atoms with E-state index in [0.717, 1.165) is 12.8 Å². The van der Waals surface area contributed by atoms with Crippen molar-refractivity contribution in [1.29, 1.82) is 10.5 Å². The summed E-state index contributed by atoms with van der Waals surface area (Å²) in [6, 6.07) is 27.2. The van der Waals surface area contributed by atoms with Crippen molar-refractivity contribution in [3.05, 3.63) is 119 Å². The summed E-state index contributed by atoms with van der Waals surface area (Å²) < 4.78 is 0. The van der Waals surface area contributed by atoms with Crippen LogP contribution in [0.25, 0.3) is 0 Å². The molecule has 0 saturated heterocycles. The van der Waals surface area contributed by atoms with Crippen LogP contribution in [0.4, 0.5) is 0 Å². The summed E-state index contributed by atoms with van der Waals surface area (Å²) in [5.74, 6) is -0.0877. The molecular formula is C36H32CdN6Ni2O6. The van der Waals surface area contributed by atoms with Gasteiger partial charge in [-0.05, 0) is 35.1 Å². The van der Waals surface area contributed by atoms with Gasteiger partial charge in [-0.1, -0.05) is 97.1 Å². The van der Waals surface area contributed by atoms with Gasteiger partial charge in [0.2, 0.25) is 0 Å². The fourth-order valence-corrected chi connectivity index (χ4v) is 3.51. The number of hydrogen-bond donors (Lipinski definition) is 0. The summed E-state index contributed by atoms with van der Waals surface area (Å²) in [6.45, 7) is 2.41. The van der Waals surface area contributed by atoms with E-state index in [4.69, 9.17) is 20.7 Å². The number of rotatable bonds is 12. The van der Waals surface area contributed by atoms with Crippen LogP contribution in [0.15, 0.2) is 117 Å². The van der Waals surface area contributed by atoms with Crippen LogP contribution in [0.3, 0.4) is 0 Å². The molecule has 0 amide bonds. The van der Waals surface area contributed by atoms with E-state index < -0.39 is 0 Å². The van der Waals surface area contributed by atoms with Gasteiger partial charge >= 0.3 is 60.3 Å². The summed E-state index contributed by atoms with van der Waals surface area (Å²) in [5.41, 5.74) is 2.39. The Labute approximate surface area is 338 Å². The van der Waals surface area contributed by atoms with Gasteiger partial charge in [0, 0.05) is 63.5 Å². The van der Waals surface area contributed by atoms with Crippen LogP contribution >= 0.6 is 0 Å². The fraction of sp³-hybridized carbons (Fsp3) is 0.167. The van der Waals surface area contributed by atoms with Gasteiger partial charge in [0.25, 0.3) is 0 Å². The molecule has 4 aromatic carbocycles. The molecule has 0 aromatic heterocycles. The molecule has 0 aliphatic heterocycles. The maximum Gasteiger partial charge on any atom is 2.00 e. The minimum Gasteiger partial charge on any atom is -0.872 e. The van der Waals surface area contributed by atoms with Crippen molar-refractivity contribution < 1.29 is 90.9 Å². The molecule has 4 rings (SSSR count). The van der Waals surface area contributed by atoms with Crippen molar-refractivity contribution in [2.45, 2.75) is 12.8 Å². The molecule has 4 aromatic rings. The molecule has 264 valence electrons. The first-order valence-corrected chi connectivity index (χ1v) is 14.4. The van der Waals surface area contributed by atoms with Crippen molar-refractivity contribution in [2.75, 3.05) is 26.2 Å². The Balaban J connectivity index is -0.000000744. The topological polar surface area (TPSA) is 235 Å². The maximum atomic E-state index is 11.4.